The van der Waals surface area contributed by atoms with E-state index < -0.39 is 5.92 Å². The van der Waals surface area contributed by atoms with Gasteiger partial charge in [-0.1, -0.05) is 44.2 Å². The van der Waals surface area contributed by atoms with Crippen LogP contribution in [0.3, 0.4) is 0 Å². The van der Waals surface area contributed by atoms with E-state index in [9.17, 15) is 10.1 Å². The minimum absolute atomic E-state index is 0.0598. The number of ketones is 1. The van der Waals surface area contributed by atoms with Gasteiger partial charge in [-0.15, -0.1) is 0 Å². The molecule has 1 aliphatic rings. The van der Waals surface area contributed by atoms with Crippen LogP contribution in [0.5, 0.6) is 5.75 Å². The summed E-state index contributed by atoms with van der Waals surface area (Å²) in [7, 11) is 1.60. The van der Waals surface area contributed by atoms with Crippen LogP contribution in [0.4, 0.5) is 0 Å². The highest BCUT2D eigenvalue weighted by molar-refractivity contribution is 5.88. The molecule has 106 valence electrons. The van der Waals surface area contributed by atoms with Crippen molar-refractivity contribution in [3.63, 3.8) is 0 Å². The van der Waals surface area contributed by atoms with E-state index in [1.54, 1.807) is 19.2 Å². The van der Waals surface area contributed by atoms with Crippen LogP contribution in [-0.4, -0.2) is 12.9 Å². The lowest BCUT2D eigenvalue weighted by atomic mass is 9.82. The number of nitriles is 1. The minimum Gasteiger partial charge on any atom is -0.497 e. The number of rotatable bonds is 5. The van der Waals surface area contributed by atoms with Crippen LogP contribution >= 0.6 is 0 Å². The molecule has 0 spiro atoms. The molecule has 1 aromatic carbocycles. The number of carbonyl (C=O) groups is 1. The Morgan fingerprint density at radius 1 is 1.30 bits per heavy atom. The summed E-state index contributed by atoms with van der Waals surface area (Å²) >= 11 is 0. The largest absolute Gasteiger partial charge is 0.497 e. The predicted molar refractivity (Wildman–Crippen MR) is 77.5 cm³/mol. The molecule has 1 saturated carbocycles. The molecule has 3 nitrogen and oxygen atoms in total. The third-order valence-electron chi connectivity index (χ3n) is 4.11. The molecule has 1 unspecified atom stereocenters. The summed E-state index contributed by atoms with van der Waals surface area (Å²) in [5.41, 5.74) is 0.772. The molecule has 0 aromatic heterocycles. The third kappa shape index (κ3) is 3.60. The smallest absolute Gasteiger partial charge is 0.154 e. The lowest BCUT2D eigenvalue weighted by molar-refractivity contribution is -0.120. The van der Waals surface area contributed by atoms with Gasteiger partial charge < -0.3 is 4.74 Å². The highest BCUT2D eigenvalue weighted by Crippen LogP contribution is 2.29. The number of hydrogen-bond donors (Lipinski definition) is 0. The molecule has 1 fully saturated rings. The standard InChI is InChI=1S/C17H21NO2/c1-20-15-9-7-14(8-10-15)16(12-18)17(19)11-13-5-3-2-4-6-13/h7-10,13,16H,2-6,11H2,1H3. The molecule has 0 heterocycles. The molecule has 1 atom stereocenters. The molecule has 0 aliphatic heterocycles. The van der Waals surface area contributed by atoms with E-state index in [2.05, 4.69) is 6.07 Å². The Bertz CT molecular complexity index is 481. The summed E-state index contributed by atoms with van der Waals surface area (Å²) in [4.78, 5) is 12.3. The van der Waals surface area contributed by atoms with Crippen LogP contribution in [0, 0.1) is 17.2 Å². The molecule has 0 N–H and O–H groups in total. The van der Waals surface area contributed by atoms with Gasteiger partial charge in [-0.25, -0.2) is 0 Å². The number of benzene rings is 1. The number of methoxy groups -OCH3 is 1. The maximum absolute atomic E-state index is 12.3. The SMILES string of the molecule is COc1ccc(C(C#N)C(=O)CC2CCCCC2)cc1. The van der Waals surface area contributed by atoms with Crippen LogP contribution in [0.25, 0.3) is 0 Å². The van der Waals surface area contributed by atoms with Crippen molar-refractivity contribution in [3.05, 3.63) is 29.8 Å². The fraction of sp³-hybridized carbons (Fsp3) is 0.529. The first-order valence-corrected chi connectivity index (χ1v) is 7.31. The molecule has 0 saturated heterocycles. The van der Waals surface area contributed by atoms with E-state index in [1.165, 1.54) is 19.3 Å². The number of hydrogen-bond acceptors (Lipinski definition) is 3. The van der Waals surface area contributed by atoms with Crippen molar-refractivity contribution in [1.29, 1.82) is 5.26 Å². The van der Waals surface area contributed by atoms with Crippen molar-refractivity contribution in [2.75, 3.05) is 7.11 Å². The molecule has 20 heavy (non-hydrogen) atoms. The summed E-state index contributed by atoms with van der Waals surface area (Å²) < 4.78 is 5.10. The summed E-state index contributed by atoms with van der Waals surface area (Å²) in [6.45, 7) is 0. The van der Waals surface area contributed by atoms with Crippen LogP contribution in [0.2, 0.25) is 0 Å². The van der Waals surface area contributed by atoms with Crippen LogP contribution in [-0.2, 0) is 4.79 Å². The Morgan fingerprint density at radius 3 is 2.50 bits per heavy atom. The van der Waals surface area contributed by atoms with Crippen molar-refractivity contribution in [3.8, 4) is 11.8 Å². The highest BCUT2D eigenvalue weighted by Gasteiger charge is 2.24. The highest BCUT2D eigenvalue weighted by atomic mass is 16.5. The molecule has 1 aromatic rings. The monoisotopic (exact) mass is 271 g/mol. The van der Waals surface area contributed by atoms with Crippen molar-refractivity contribution < 1.29 is 9.53 Å². The first-order chi connectivity index (χ1) is 9.74. The van der Waals surface area contributed by atoms with Gasteiger partial charge in [0, 0.05) is 6.42 Å². The summed E-state index contributed by atoms with van der Waals surface area (Å²) in [5.74, 6) is 0.642. The zero-order valence-electron chi connectivity index (χ0n) is 12.0. The summed E-state index contributed by atoms with van der Waals surface area (Å²) in [6.07, 6.45) is 6.53. The van der Waals surface area contributed by atoms with Gasteiger partial charge in [-0.2, -0.15) is 5.26 Å². The van der Waals surface area contributed by atoms with E-state index >= 15 is 0 Å². The second-order valence-electron chi connectivity index (χ2n) is 5.51. The molecule has 1 aliphatic carbocycles. The van der Waals surface area contributed by atoms with E-state index in [4.69, 9.17) is 4.74 Å². The number of carbonyl (C=O) groups excluding carboxylic acids is 1. The van der Waals surface area contributed by atoms with Crippen molar-refractivity contribution in [2.45, 2.75) is 44.4 Å². The van der Waals surface area contributed by atoms with Gasteiger partial charge >= 0.3 is 0 Å². The Hall–Kier alpha value is -1.82. The maximum atomic E-state index is 12.3. The minimum atomic E-state index is -0.636. The molecule has 0 amide bonds. The van der Waals surface area contributed by atoms with E-state index in [-0.39, 0.29) is 5.78 Å². The average Bonchev–Trinajstić information content (AvgIpc) is 2.49. The second-order valence-corrected chi connectivity index (χ2v) is 5.51. The van der Waals surface area contributed by atoms with Gasteiger partial charge in [0.05, 0.1) is 13.2 Å². The predicted octanol–water partition coefficient (Wildman–Crippen LogP) is 3.84. The van der Waals surface area contributed by atoms with Crippen molar-refractivity contribution >= 4 is 5.78 Å². The van der Waals surface area contributed by atoms with Gasteiger partial charge in [0.2, 0.25) is 0 Å². The first-order valence-electron chi connectivity index (χ1n) is 7.31. The molecule has 2 rings (SSSR count). The van der Waals surface area contributed by atoms with Gasteiger partial charge in [-0.05, 0) is 23.6 Å². The van der Waals surface area contributed by atoms with Crippen molar-refractivity contribution in [2.24, 2.45) is 5.92 Å². The molecule has 3 heteroatoms. The number of ether oxygens (including phenoxy) is 1. The first kappa shape index (κ1) is 14.6. The average molecular weight is 271 g/mol. The van der Waals surface area contributed by atoms with Crippen LogP contribution in [0.1, 0.15) is 50.0 Å². The summed E-state index contributed by atoms with van der Waals surface area (Å²) in [6, 6.07) is 9.38. The fourth-order valence-corrected chi connectivity index (χ4v) is 2.92. The maximum Gasteiger partial charge on any atom is 0.154 e. The molecular weight excluding hydrogens is 250 g/mol. The molecule has 0 bridgehead atoms. The molecular formula is C17H21NO2. The van der Waals surface area contributed by atoms with Gasteiger partial charge in [0.25, 0.3) is 0 Å². The Kier molecular flexibility index (Phi) is 5.17. The van der Waals surface area contributed by atoms with Crippen LogP contribution < -0.4 is 4.74 Å². The van der Waals surface area contributed by atoms with E-state index in [0.29, 0.717) is 12.3 Å². The normalized spacial score (nSPS) is 17.2. The van der Waals surface area contributed by atoms with Gasteiger partial charge in [-0.3, -0.25) is 4.79 Å². The Balaban J connectivity index is 2.02. The van der Waals surface area contributed by atoms with Gasteiger partial charge in [0.1, 0.15) is 11.7 Å². The quantitative estimate of drug-likeness (QED) is 0.817. The van der Waals surface area contributed by atoms with Crippen molar-refractivity contribution in [1.82, 2.24) is 0 Å². The zero-order valence-corrected chi connectivity index (χ0v) is 12.0. The lowest BCUT2D eigenvalue weighted by Gasteiger charge is -2.21. The lowest BCUT2D eigenvalue weighted by Crippen LogP contribution is -2.17. The van der Waals surface area contributed by atoms with Gasteiger partial charge in [0.15, 0.2) is 5.78 Å². The van der Waals surface area contributed by atoms with E-state index in [1.807, 2.05) is 12.1 Å². The second kappa shape index (κ2) is 7.09. The Morgan fingerprint density at radius 2 is 1.95 bits per heavy atom. The molecule has 0 radical (unpaired) electrons. The fourth-order valence-electron chi connectivity index (χ4n) is 2.92. The van der Waals surface area contributed by atoms with E-state index in [0.717, 1.165) is 24.2 Å². The van der Waals surface area contributed by atoms with Crippen LogP contribution in [0.15, 0.2) is 24.3 Å². The number of nitrogens with zero attached hydrogens (tertiary/aromatic N) is 1. The summed E-state index contributed by atoms with van der Waals surface area (Å²) in [5, 5.41) is 9.30. The third-order valence-corrected chi connectivity index (χ3v) is 4.11. The number of Topliss-reactive ketones (excluding diaryl/α,β-unsaturated/α-hetero) is 1. The zero-order chi connectivity index (χ0) is 14.4. The Labute approximate surface area is 120 Å². The topological polar surface area (TPSA) is 50.1 Å².